The third-order valence-corrected chi connectivity index (χ3v) is 5.80. The first-order chi connectivity index (χ1) is 15.6. The highest BCUT2D eigenvalue weighted by Gasteiger charge is 2.26. The summed E-state index contributed by atoms with van der Waals surface area (Å²) in [5.74, 6) is 0.289. The summed E-state index contributed by atoms with van der Waals surface area (Å²) in [7, 11) is 1.58. The summed E-state index contributed by atoms with van der Waals surface area (Å²) in [6, 6.07) is 17.7. The zero-order valence-corrected chi connectivity index (χ0v) is 18.1. The van der Waals surface area contributed by atoms with Crippen LogP contribution in [0.5, 0.6) is 5.75 Å². The van der Waals surface area contributed by atoms with Gasteiger partial charge in [-0.1, -0.05) is 12.1 Å². The van der Waals surface area contributed by atoms with Gasteiger partial charge in [-0.15, -0.1) is 0 Å². The number of hydrogen-bond acceptors (Lipinski definition) is 5. The van der Waals surface area contributed by atoms with E-state index in [4.69, 9.17) is 4.74 Å². The fraction of sp³-hybridized carbons (Fsp3) is 0.280. The van der Waals surface area contributed by atoms with Crippen molar-refractivity contribution in [3.05, 3.63) is 90.0 Å². The molecule has 0 unspecified atom stereocenters. The summed E-state index contributed by atoms with van der Waals surface area (Å²) in [4.78, 5) is 21.7. The molecule has 1 saturated heterocycles. The summed E-state index contributed by atoms with van der Waals surface area (Å²) < 4.78 is 18.5. The number of rotatable bonds is 7. The van der Waals surface area contributed by atoms with Gasteiger partial charge in [0.25, 0.3) is 5.91 Å². The minimum Gasteiger partial charge on any atom is -0.497 e. The second-order valence-electron chi connectivity index (χ2n) is 7.74. The van der Waals surface area contributed by atoms with Crippen LogP contribution in [-0.2, 0) is 0 Å². The number of methoxy groups -OCH3 is 1. The van der Waals surface area contributed by atoms with Crippen LogP contribution in [-0.4, -0.2) is 55.6 Å². The minimum atomic E-state index is -0.226. The molecule has 3 aromatic rings. The lowest BCUT2D eigenvalue weighted by Crippen LogP contribution is -2.50. The van der Waals surface area contributed by atoms with E-state index in [2.05, 4.69) is 20.1 Å². The molecule has 166 valence electrons. The molecule has 1 atom stereocenters. The minimum absolute atomic E-state index is 0.00799. The second-order valence-corrected chi connectivity index (χ2v) is 7.74. The zero-order chi connectivity index (χ0) is 22.3. The van der Waals surface area contributed by atoms with Crippen molar-refractivity contribution in [3.8, 4) is 5.75 Å². The Morgan fingerprint density at radius 2 is 1.88 bits per heavy atom. The van der Waals surface area contributed by atoms with Crippen LogP contribution in [0, 0.1) is 5.82 Å². The summed E-state index contributed by atoms with van der Waals surface area (Å²) in [5.41, 5.74) is 2.65. The van der Waals surface area contributed by atoms with Crippen LogP contribution >= 0.6 is 0 Å². The topological polar surface area (TPSA) is 57.7 Å². The number of ether oxygens (including phenoxy) is 1. The molecule has 0 saturated carbocycles. The van der Waals surface area contributed by atoms with Crippen molar-refractivity contribution in [1.29, 1.82) is 0 Å². The molecule has 7 heteroatoms. The predicted molar refractivity (Wildman–Crippen MR) is 122 cm³/mol. The van der Waals surface area contributed by atoms with Gasteiger partial charge in [-0.2, -0.15) is 0 Å². The van der Waals surface area contributed by atoms with Crippen LogP contribution in [0.15, 0.2) is 73.1 Å². The molecule has 0 aliphatic carbocycles. The van der Waals surface area contributed by atoms with Gasteiger partial charge < -0.3 is 15.0 Å². The van der Waals surface area contributed by atoms with E-state index in [0.717, 1.165) is 37.4 Å². The molecule has 6 nitrogen and oxygen atoms in total. The molecule has 1 aromatic heterocycles. The van der Waals surface area contributed by atoms with E-state index in [1.165, 1.54) is 12.1 Å². The number of halogens is 1. The molecular formula is C25H27FN4O2. The molecule has 4 rings (SSSR count). The zero-order valence-electron chi connectivity index (χ0n) is 18.1. The fourth-order valence-electron chi connectivity index (χ4n) is 4.03. The highest BCUT2D eigenvalue weighted by molar-refractivity contribution is 5.94. The van der Waals surface area contributed by atoms with Crippen molar-refractivity contribution in [1.82, 2.24) is 15.2 Å². The van der Waals surface area contributed by atoms with Crippen molar-refractivity contribution in [3.63, 3.8) is 0 Å². The van der Waals surface area contributed by atoms with Gasteiger partial charge in [0.05, 0.1) is 13.2 Å². The third kappa shape index (κ3) is 5.23. The van der Waals surface area contributed by atoms with Crippen molar-refractivity contribution in [2.24, 2.45) is 0 Å². The monoisotopic (exact) mass is 434 g/mol. The van der Waals surface area contributed by atoms with E-state index in [1.807, 2.05) is 36.5 Å². The molecule has 32 heavy (non-hydrogen) atoms. The fourth-order valence-corrected chi connectivity index (χ4v) is 4.03. The number of amides is 1. The Bertz CT molecular complexity index is 1020. The number of anilines is 1. The molecule has 0 radical (unpaired) electrons. The third-order valence-electron chi connectivity index (χ3n) is 5.80. The van der Waals surface area contributed by atoms with Crippen LogP contribution in [0.1, 0.15) is 22.0 Å². The van der Waals surface area contributed by atoms with E-state index >= 15 is 0 Å². The molecule has 1 aliphatic heterocycles. The van der Waals surface area contributed by atoms with E-state index in [-0.39, 0.29) is 17.8 Å². The van der Waals surface area contributed by atoms with Gasteiger partial charge in [-0.3, -0.25) is 14.7 Å². The van der Waals surface area contributed by atoms with Gasteiger partial charge in [0.2, 0.25) is 0 Å². The second kappa shape index (κ2) is 10.2. The molecule has 2 aromatic carbocycles. The number of nitrogens with zero attached hydrogens (tertiary/aromatic N) is 3. The molecule has 1 N–H and O–H groups in total. The van der Waals surface area contributed by atoms with E-state index < -0.39 is 0 Å². The SMILES string of the molecule is COc1cccc(C(=O)NC[C@@H](c2cccnc2)N2CCN(c3ccc(F)cc3)CC2)c1. The maximum atomic E-state index is 13.3. The number of benzene rings is 2. The highest BCUT2D eigenvalue weighted by atomic mass is 19.1. The Balaban J connectivity index is 1.43. The first-order valence-electron chi connectivity index (χ1n) is 10.7. The van der Waals surface area contributed by atoms with Crippen LogP contribution in [0.2, 0.25) is 0 Å². The first-order valence-corrected chi connectivity index (χ1v) is 10.7. The number of nitrogens with one attached hydrogen (secondary N) is 1. The standard InChI is InChI=1S/C25H27FN4O2/c1-32-23-6-2-4-19(16-23)25(31)28-18-24(20-5-3-11-27-17-20)30-14-12-29(13-15-30)22-9-7-21(26)8-10-22/h2-11,16-17,24H,12-15,18H2,1H3,(H,28,31)/t24-/m0/s1. The van der Waals surface area contributed by atoms with E-state index in [0.29, 0.717) is 17.9 Å². The van der Waals surface area contributed by atoms with Gasteiger partial charge >= 0.3 is 0 Å². The van der Waals surface area contributed by atoms with Gasteiger partial charge in [-0.25, -0.2) is 4.39 Å². The Morgan fingerprint density at radius 1 is 1.09 bits per heavy atom. The van der Waals surface area contributed by atoms with Gasteiger partial charge in [0, 0.05) is 56.4 Å². The average molecular weight is 435 g/mol. The highest BCUT2D eigenvalue weighted by Crippen LogP contribution is 2.24. The molecule has 1 fully saturated rings. The van der Waals surface area contributed by atoms with Crippen molar-refractivity contribution in [2.45, 2.75) is 6.04 Å². The number of piperazine rings is 1. The summed E-state index contributed by atoms with van der Waals surface area (Å²) in [5, 5.41) is 3.08. The van der Waals surface area contributed by atoms with Crippen molar-refractivity contribution >= 4 is 11.6 Å². The van der Waals surface area contributed by atoms with Crippen molar-refractivity contribution in [2.75, 3.05) is 44.7 Å². The molecular weight excluding hydrogens is 407 g/mol. The van der Waals surface area contributed by atoms with Gasteiger partial charge in [-0.05, 0) is 54.1 Å². The Morgan fingerprint density at radius 3 is 2.56 bits per heavy atom. The predicted octanol–water partition coefficient (Wildman–Crippen LogP) is 3.52. The summed E-state index contributed by atoms with van der Waals surface area (Å²) in [6.45, 7) is 3.77. The van der Waals surface area contributed by atoms with E-state index in [1.54, 1.807) is 31.5 Å². The van der Waals surface area contributed by atoms with Crippen LogP contribution < -0.4 is 15.0 Å². The number of pyridine rings is 1. The molecule has 0 spiro atoms. The van der Waals surface area contributed by atoms with Gasteiger partial charge in [0.15, 0.2) is 0 Å². The maximum Gasteiger partial charge on any atom is 0.251 e. The summed E-state index contributed by atoms with van der Waals surface area (Å²) >= 11 is 0. The molecule has 0 bridgehead atoms. The Kier molecular flexibility index (Phi) is 6.97. The Labute approximate surface area is 187 Å². The normalized spacial score (nSPS) is 15.2. The quantitative estimate of drug-likeness (QED) is 0.617. The molecule has 1 aliphatic rings. The van der Waals surface area contributed by atoms with Crippen LogP contribution in [0.3, 0.4) is 0 Å². The largest absolute Gasteiger partial charge is 0.497 e. The first kappa shape index (κ1) is 21.8. The maximum absolute atomic E-state index is 13.3. The number of hydrogen-bond donors (Lipinski definition) is 1. The average Bonchev–Trinajstić information content (AvgIpc) is 2.85. The summed E-state index contributed by atoms with van der Waals surface area (Å²) in [6.07, 6.45) is 3.61. The Hall–Kier alpha value is -3.45. The van der Waals surface area contributed by atoms with Crippen molar-refractivity contribution < 1.29 is 13.9 Å². The van der Waals surface area contributed by atoms with Crippen LogP contribution in [0.25, 0.3) is 0 Å². The molecule has 2 heterocycles. The number of carbonyl (C=O) groups is 1. The van der Waals surface area contributed by atoms with E-state index in [9.17, 15) is 9.18 Å². The number of carbonyl (C=O) groups excluding carboxylic acids is 1. The lowest BCUT2D eigenvalue weighted by Gasteiger charge is -2.40. The molecule has 1 amide bonds. The van der Waals surface area contributed by atoms with Gasteiger partial charge in [0.1, 0.15) is 11.6 Å². The lowest BCUT2D eigenvalue weighted by atomic mass is 10.1. The lowest BCUT2D eigenvalue weighted by molar-refractivity contribution is 0.0929. The smallest absolute Gasteiger partial charge is 0.251 e. The number of aromatic nitrogens is 1. The van der Waals surface area contributed by atoms with Crippen LogP contribution in [0.4, 0.5) is 10.1 Å².